The van der Waals surface area contributed by atoms with E-state index in [-0.39, 0.29) is 5.78 Å². The van der Waals surface area contributed by atoms with Gasteiger partial charge in [0.15, 0.2) is 11.6 Å². The van der Waals surface area contributed by atoms with Gasteiger partial charge in [0.1, 0.15) is 0 Å². The molecule has 0 atom stereocenters. The van der Waals surface area contributed by atoms with Gasteiger partial charge in [-0.1, -0.05) is 11.6 Å². The molecule has 86 valence electrons. The third-order valence-electron chi connectivity index (χ3n) is 2.46. The molecule has 0 saturated carbocycles. The summed E-state index contributed by atoms with van der Waals surface area (Å²) in [7, 11) is 0. The Balaban J connectivity index is 2.44. The highest BCUT2D eigenvalue weighted by Gasteiger charge is 2.08. The Morgan fingerprint density at radius 2 is 1.88 bits per heavy atom. The number of hydrogen-bond acceptors (Lipinski definition) is 3. The Labute approximate surface area is 104 Å². The number of ketones is 1. The van der Waals surface area contributed by atoms with Gasteiger partial charge in [-0.2, -0.15) is 0 Å². The van der Waals surface area contributed by atoms with Gasteiger partial charge in [0.05, 0.1) is 11.3 Å². The van der Waals surface area contributed by atoms with E-state index in [1.807, 2.05) is 12.1 Å². The second-order valence-electron chi connectivity index (χ2n) is 3.76. The average molecular weight is 247 g/mol. The molecule has 0 radical (unpaired) electrons. The molecule has 0 saturated heterocycles. The summed E-state index contributed by atoms with van der Waals surface area (Å²) in [6.07, 6.45) is 1.56. The maximum Gasteiger partial charge on any atom is 0.163 e. The lowest BCUT2D eigenvalue weighted by Crippen LogP contribution is -2.01. The maximum atomic E-state index is 11.3. The molecule has 0 aliphatic heterocycles. The number of aromatic nitrogens is 2. The Hall–Kier alpha value is -1.74. The second kappa shape index (κ2) is 4.63. The van der Waals surface area contributed by atoms with E-state index in [2.05, 4.69) is 9.97 Å². The summed E-state index contributed by atoms with van der Waals surface area (Å²) in [6.45, 7) is 3.31. The number of Topliss-reactive ketones (excluding diaryl/α,β-unsaturated/α-hetero) is 1. The van der Waals surface area contributed by atoms with Crippen LogP contribution in [-0.2, 0) is 0 Å². The third kappa shape index (κ3) is 2.50. The standard InChI is InChI=1S/C13H11ClN2O/c1-8-12(9(2)17)7-15-13(16-8)10-3-5-11(14)6-4-10/h3-7H,1-2H3. The monoisotopic (exact) mass is 246 g/mol. The fraction of sp³-hybridized carbons (Fsp3) is 0.154. The lowest BCUT2D eigenvalue weighted by atomic mass is 10.1. The molecule has 1 aromatic carbocycles. The van der Waals surface area contributed by atoms with Gasteiger partial charge in [0.25, 0.3) is 0 Å². The number of aryl methyl sites for hydroxylation is 1. The van der Waals surface area contributed by atoms with Gasteiger partial charge < -0.3 is 0 Å². The molecule has 3 nitrogen and oxygen atoms in total. The van der Waals surface area contributed by atoms with Crippen LogP contribution in [0.15, 0.2) is 30.5 Å². The topological polar surface area (TPSA) is 42.9 Å². The van der Waals surface area contributed by atoms with Crippen molar-refractivity contribution in [2.75, 3.05) is 0 Å². The van der Waals surface area contributed by atoms with Crippen LogP contribution in [0.5, 0.6) is 0 Å². The molecule has 0 amide bonds. The molecule has 0 N–H and O–H groups in total. The van der Waals surface area contributed by atoms with Crippen LogP contribution in [0.4, 0.5) is 0 Å². The minimum absolute atomic E-state index is 0.0230. The Morgan fingerprint density at radius 1 is 1.24 bits per heavy atom. The molecule has 0 aliphatic rings. The van der Waals surface area contributed by atoms with Crippen molar-refractivity contribution in [3.63, 3.8) is 0 Å². The lowest BCUT2D eigenvalue weighted by Gasteiger charge is -2.04. The fourth-order valence-electron chi connectivity index (χ4n) is 1.55. The summed E-state index contributed by atoms with van der Waals surface area (Å²) in [4.78, 5) is 19.8. The maximum absolute atomic E-state index is 11.3. The second-order valence-corrected chi connectivity index (χ2v) is 4.19. The first-order valence-electron chi connectivity index (χ1n) is 5.18. The van der Waals surface area contributed by atoms with E-state index in [1.54, 1.807) is 25.3 Å². The Morgan fingerprint density at radius 3 is 2.41 bits per heavy atom. The van der Waals surface area contributed by atoms with E-state index in [4.69, 9.17) is 11.6 Å². The summed E-state index contributed by atoms with van der Waals surface area (Å²) in [6, 6.07) is 7.28. The summed E-state index contributed by atoms with van der Waals surface area (Å²) in [5, 5.41) is 0.672. The van der Waals surface area contributed by atoms with Gasteiger partial charge >= 0.3 is 0 Å². The van der Waals surface area contributed by atoms with Crippen LogP contribution in [0.2, 0.25) is 5.02 Å². The van der Waals surface area contributed by atoms with Crippen molar-refractivity contribution in [3.8, 4) is 11.4 Å². The first-order valence-corrected chi connectivity index (χ1v) is 5.56. The van der Waals surface area contributed by atoms with E-state index >= 15 is 0 Å². The van der Waals surface area contributed by atoms with Gasteiger partial charge in [-0.15, -0.1) is 0 Å². The Kier molecular flexibility index (Phi) is 3.20. The Bertz CT molecular complexity index is 564. The largest absolute Gasteiger partial charge is 0.294 e. The highest BCUT2D eigenvalue weighted by molar-refractivity contribution is 6.30. The van der Waals surface area contributed by atoms with Crippen LogP contribution in [0.1, 0.15) is 23.0 Å². The molecule has 0 bridgehead atoms. The third-order valence-corrected chi connectivity index (χ3v) is 2.71. The smallest absolute Gasteiger partial charge is 0.163 e. The first kappa shape index (κ1) is 11.7. The molecular weight excluding hydrogens is 236 g/mol. The molecule has 1 heterocycles. The number of carbonyl (C=O) groups excluding carboxylic acids is 1. The van der Waals surface area contributed by atoms with E-state index in [1.165, 1.54) is 6.92 Å². The van der Waals surface area contributed by atoms with Gasteiger partial charge in [-0.3, -0.25) is 4.79 Å². The van der Waals surface area contributed by atoms with Gasteiger partial charge in [-0.05, 0) is 38.1 Å². The lowest BCUT2D eigenvalue weighted by molar-refractivity contribution is 0.101. The van der Waals surface area contributed by atoms with E-state index in [0.717, 1.165) is 5.56 Å². The summed E-state index contributed by atoms with van der Waals surface area (Å²) in [5.74, 6) is 0.578. The fourth-order valence-corrected chi connectivity index (χ4v) is 1.68. The zero-order valence-corrected chi connectivity index (χ0v) is 10.3. The van der Waals surface area contributed by atoms with Crippen molar-refractivity contribution in [3.05, 3.63) is 46.7 Å². The molecule has 4 heteroatoms. The van der Waals surface area contributed by atoms with E-state index in [0.29, 0.717) is 22.1 Å². The van der Waals surface area contributed by atoms with Crippen LogP contribution < -0.4 is 0 Å². The van der Waals surface area contributed by atoms with E-state index in [9.17, 15) is 4.79 Å². The van der Waals surface area contributed by atoms with Crippen molar-refractivity contribution in [2.45, 2.75) is 13.8 Å². The van der Waals surface area contributed by atoms with Crippen molar-refractivity contribution in [1.29, 1.82) is 0 Å². The molecule has 2 aromatic rings. The molecule has 0 spiro atoms. The molecule has 0 fully saturated rings. The predicted octanol–water partition coefficient (Wildman–Crippen LogP) is 3.31. The van der Waals surface area contributed by atoms with Gasteiger partial charge in [0, 0.05) is 16.8 Å². The molecule has 1 aromatic heterocycles. The van der Waals surface area contributed by atoms with Crippen molar-refractivity contribution < 1.29 is 4.79 Å². The number of carbonyl (C=O) groups is 1. The van der Waals surface area contributed by atoms with Crippen LogP contribution in [0.3, 0.4) is 0 Å². The van der Waals surface area contributed by atoms with Crippen LogP contribution in [-0.4, -0.2) is 15.8 Å². The minimum atomic E-state index is -0.0230. The van der Waals surface area contributed by atoms with Crippen LogP contribution >= 0.6 is 11.6 Å². The van der Waals surface area contributed by atoms with Crippen molar-refractivity contribution >= 4 is 17.4 Å². The molecule has 2 rings (SSSR count). The normalized spacial score (nSPS) is 10.3. The quantitative estimate of drug-likeness (QED) is 0.764. The molecule has 17 heavy (non-hydrogen) atoms. The number of hydrogen-bond donors (Lipinski definition) is 0. The number of nitrogens with zero attached hydrogens (tertiary/aromatic N) is 2. The highest BCUT2D eigenvalue weighted by Crippen LogP contribution is 2.19. The van der Waals surface area contributed by atoms with Gasteiger partial charge in [-0.25, -0.2) is 9.97 Å². The van der Waals surface area contributed by atoms with Crippen molar-refractivity contribution in [2.24, 2.45) is 0 Å². The number of benzene rings is 1. The SMILES string of the molecule is CC(=O)c1cnc(-c2ccc(Cl)cc2)nc1C. The predicted molar refractivity (Wildman–Crippen MR) is 67.2 cm³/mol. The van der Waals surface area contributed by atoms with Crippen LogP contribution in [0, 0.1) is 6.92 Å². The molecule has 0 unspecified atom stereocenters. The molecular formula is C13H11ClN2O. The summed E-state index contributed by atoms with van der Waals surface area (Å²) in [5.41, 5.74) is 2.13. The van der Waals surface area contributed by atoms with Crippen molar-refractivity contribution in [1.82, 2.24) is 9.97 Å². The highest BCUT2D eigenvalue weighted by atomic mass is 35.5. The van der Waals surface area contributed by atoms with Gasteiger partial charge in [0.2, 0.25) is 0 Å². The number of halogens is 1. The zero-order chi connectivity index (χ0) is 12.4. The number of rotatable bonds is 2. The minimum Gasteiger partial charge on any atom is -0.294 e. The van der Waals surface area contributed by atoms with E-state index < -0.39 is 0 Å². The summed E-state index contributed by atoms with van der Waals surface area (Å²) >= 11 is 5.81. The summed E-state index contributed by atoms with van der Waals surface area (Å²) < 4.78 is 0. The first-order chi connectivity index (χ1) is 8.08. The molecule has 0 aliphatic carbocycles. The zero-order valence-electron chi connectivity index (χ0n) is 9.57. The van der Waals surface area contributed by atoms with Crippen LogP contribution in [0.25, 0.3) is 11.4 Å². The average Bonchev–Trinajstić information content (AvgIpc) is 2.29.